The Balaban J connectivity index is 2.28. The summed E-state index contributed by atoms with van der Waals surface area (Å²) in [5, 5.41) is 1.01. The van der Waals surface area contributed by atoms with Crippen LogP contribution in [0.3, 0.4) is 0 Å². The van der Waals surface area contributed by atoms with E-state index in [0.717, 1.165) is 19.4 Å². The smallest absolute Gasteiger partial charge is 0.218 e. The van der Waals surface area contributed by atoms with Gasteiger partial charge in [0.2, 0.25) is 5.88 Å². The van der Waals surface area contributed by atoms with E-state index < -0.39 is 0 Å². The molecule has 0 unspecified atom stereocenters. The van der Waals surface area contributed by atoms with Crippen LogP contribution in [0.25, 0.3) is 0 Å². The molecular formula is C11H17ClN2O2S. The molecule has 96 valence electrons. The van der Waals surface area contributed by atoms with Crippen LogP contribution in [-0.4, -0.2) is 36.0 Å². The van der Waals surface area contributed by atoms with Gasteiger partial charge in [-0.3, -0.25) is 0 Å². The van der Waals surface area contributed by atoms with E-state index in [4.69, 9.17) is 21.1 Å². The first-order valence-electron chi connectivity index (χ1n) is 5.55. The second-order valence-electron chi connectivity index (χ2n) is 3.33. The number of ether oxygens (including phenoxy) is 2. The summed E-state index contributed by atoms with van der Waals surface area (Å²) in [4.78, 5) is 8.20. The van der Waals surface area contributed by atoms with Gasteiger partial charge in [-0.1, -0.05) is 36.7 Å². The van der Waals surface area contributed by atoms with Crippen LogP contribution >= 0.6 is 23.4 Å². The van der Waals surface area contributed by atoms with Crippen molar-refractivity contribution in [1.82, 2.24) is 9.97 Å². The maximum Gasteiger partial charge on any atom is 0.218 e. The highest BCUT2D eigenvalue weighted by Gasteiger charge is 2.03. The van der Waals surface area contributed by atoms with Crippen molar-refractivity contribution in [3.05, 3.63) is 11.2 Å². The lowest BCUT2D eigenvalue weighted by Gasteiger charge is -2.07. The summed E-state index contributed by atoms with van der Waals surface area (Å²) in [6.45, 7) is 3.95. The molecule has 4 nitrogen and oxygen atoms in total. The van der Waals surface area contributed by atoms with Crippen molar-refractivity contribution in [3.8, 4) is 5.88 Å². The van der Waals surface area contributed by atoms with Crippen molar-refractivity contribution >= 4 is 23.4 Å². The first-order valence-corrected chi connectivity index (χ1v) is 7.15. The van der Waals surface area contributed by atoms with Crippen molar-refractivity contribution in [3.63, 3.8) is 0 Å². The van der Waals surface area contributed by atoms with Gasteiger partial charge in [0.05, 0.1) is 6.61 Å². The van der Waals surface area contributed by atoms with Crippen molar-refractivity contribution in [2.75, 3.05) is 26.1 Å². The van der Waals surface area contributed by atoms with Crippen LogP contribution in [0.1, 0.15) is 19.8 Å². The van der Waals surface area contributed by atoms with Gasteiger partial charge >= 0.3 is 0 Å². The zero-order chi connectivity index (χ0) is 12.5. The highest BCUT2D eigenvalue weighted by Crippen LogP contribution is 2.18. The van der Waals surface area contributed by atoms with Crippen LogP contribution in [0, 0.1) is 0 Å². The van der Waals surface area contributed by atoms with Crippen LogP contribution in [0.15, 0.2) is 11.2 Å². The lowest BCUT2D eigenvalue weighted by molar-refractivity contribution is 0.0962. The van der Waals surface area contributed by atoms with Crippen LogP contribution < -0.4 is 4.74 Å². The van der Waals surface area contributed by atoms with Crippen LogP contribution in [-0.2, 0) is 4.74 Å². The lowest BCUT2D eigenvalue weighted by atomic mass is 10.4. The Morgan fingerprint density at radius 3 is 2.82 bits per heavy atom. The highest BCUT2D eigenvalue weighted by molar-refractivity contribution is 7.98. The fourth-order valence-corrected chi connectivity index (χ4v) is 1.69. The van der Waals surface area contributed by atoms with Gasteiger partial charge < -0.3 is 9.47 Å². The molecule has 0 spiro atoms. The minimum Gasteiger partial charge on any atom is -0.475 e. The summed E-state index contributed by atoms with van der Waals surface area (Å²) in [5.41, 5.74) is 0. The number of hydrogen-bond acceptors (Lipinski definition) is 5. The van der Waals surface area contributed by atoms with E-state index >= 15 is 0 Å². The fourth-order valence-electron chi connectivity index (χ4n) is 1.10. The normalized spacial score (nSPS) is 10.5. The van der Waals surface area contributed by atoms with E-state index in [1.165, 1.54) is 11.8 Å². The zero-order valence-corrected chi connectivity index (χ0v) is 11.7. The summed E-state index contributed by atoms with van der Waals surface area (Å²) in [6.07, 6.45) is 4.11. The second-order valence-corrected chi connectivity index (χ2v) is 4.49. The first-order chi connectivity index (χ1) is 8.26. The quantitative estimate of drug-likeness (QED) is 0.316. The van der Waals surface area contributed by atoms with Gasteiger partial charge in [0.1, 0.15) is 11.8 Å². The van der Waals surface area contributed by atoms with Gasteiger partial charge in [-0.15, -0.1) is 0 Å². The Bertz CT molecular complexity index is 339. The largest absolute Gasteiger partial charge is 0.475 e. The minimum absolute atomic E-state index is 0.395. The average molecular weight is 277 g/mol. The number of thioether (sulfide) groups is 1. The maximum atomic E-state index is 5.83. The third kappa shape index (κ3) is 6.10. The molecule has 1 rings (SSSR count). The predicted molar refractivity (Wildman–Crippen MR) is 70.0 cm³/mol. The molecular weight excluding hydrogens is 260 g/mol. The molecule has 0 N–H and O–H groups in total. The van der Waals surface area contributed by atoms with E-state index in [2.05, 4.69) is 16.9 Å². The molecule has 0 aliphatic carbocycles. The fraction of sp³-hybridized carbons (Fsp3) is 0.636. The third-order valence-electron chi connectivity index (χ3n) is 1.95. The Morgan fingerprint density at radius 2 is 2.12 bits per heavy atom. The predicted octanol–water partition coefficient (Wildman–Crippen LogP) is 3.05. The van der Waals surface area contributed by atoms with Crippen LogP contribution in [0.2, 0.25) is 5.15 Å². The molecule has 1 aromatic rings. The molecule has 1 aromatic heterocycles. The molecule has 0 aliphatic rings. The molecule has 0 fully saturated rings. The molecule has 6 heteroatoms. The first kappa shape index (κ1) is 14.5. The highest BCUT2D eigenvalue weighted by atomic mass is 35.5. The number of halogens is 1. The van der Waals surface area contributed by atoms with Gasteiger partial charge in [-0.2, -0.15) is 4.98 Å². The molecule has 0 radical (unpaired) electrons. The number of rotatable bonds is 8. The van der Waals surface area contributed by atoms with Gasteiger partial charge in [0, 0.05) is 12.7 Å². The van der Waals surface area contributed by atoms with E-state index in [1.54, 1.807) is 6.07 Å². The Labute approximate surface area is 111 Å². The topological polar surface area (TPSA) is 44.2 Å². The molecule has 1 heterocycles. The monoisotopic (exact) mass is 276 g/mol. The molecule has 0 atom stereocenters. The van der Waals surface area contributed by atoms with Gasteiger partial charge in [-0.25, -0.2) is 4.98 Å². The molecule has 0 aliphatic heterocycles. The van der Waals surface area contributed by atoms with Gasteiger partial charge in [0.25, 0.3) is 0 Å². The SMILES string of the molecule is CCCCOCCOc1cc(Cl)nc(SC)n1. The molecule has 0 saturated carbocycles. The molecule has 0 amide bonds. The minimum atomic E-state index is 0.395. The zero-order valence-electron chi connectivity index (χ0n) is 10.1. The number of hydrogen-bond donors (Lipinski definition) is 0. The average Bonchev–Trinajstić information content (AvgIpc) is 2.33. The van der Waals surface area contributed by atoms with Crippen LogP contribution in [0.4, 0.5) is 0 Å². The number of unbranched alkanes of at least 4 members (excludes halogenated alkanes) is 1. The van der Waals surface area contributed by atoms with Gasteiger partial charge in [-0.05, 0) is 12.7 Å². The van der Waals surface area contributed by atoms with E-state index in [9.17, 15) is 0 Å². The standard InChI is InChI=1S/C11H17ClN2O2S/c1-3-4-5-15-6-7-16-10-8-9(12)13-11(14-10)17-2/h8H,3-7H2,1-2H3. The second kappa shape index (κ2) is 8.55. The summed E-state index contributed by atoms with van der Waals surface area (Å²) in [6, 6.07) is 1.60. The van der Waals surface area contributed by atoms with Crippen molar-refractivity contribution < 1.29 is 9.47 Å². The van der Waals surface area contributed by atoms with E-state index in [1.807, 2.05) is 6.26 Å². The van der Waals surface area contributed by atoms with Crippen molar-refractivity contribution in [2.24, 2.45) is 0 Å². The maximum absolute atomic E-state index is 5.83. The van der Waals surface area contributed by atoms with E-state index in [-0.39, 0.29) is 0 Å². The van der Waals surface area contributed by atoms with Gasteiger partial charge in [0.15, 0.2) is 5.16 Å². The lowest BCUT2D eigenvalue weighted by Crippen LogP contribution is -2.08. The number of aromatic nitrogens is 2. The molecule has 17 heavy (non-hydrogen) atoms. The van der Waals surface area contributed by atoms with Crippen molar-refractivity contribution in [2.45, 2.75) is 24.9 Å². The van der Waals surface area contributed by atoms with Crippen LogP contribution in [0.5, 0.6) is 5.88 Å². The molecule has 0 saturated heterocycles. The summed E-state index contributed by atoms with van der Waals surface area (Å²) in [5.74, 6) is 0.494. The van der Waals surface area contributed by atoms with Crippen molar-refractivity contribution in [1.29, 1.82) is 0 Å². The summed E-state index contributed by atoms with van der Waals surface area (Å²) in [7, 11) is 0. The Hall–Kier alpha value is -0.520. The summed E-state index contributed by atoms with van der Waals surface area (Å²) < 4.78 is 10.8. The Kier molecular flexibility index (Phi) is 7.32. The van der Waals surface area contributed by atoms with E-state index in [0.29, 0.717) is 29.4 Å². The number of nitrogens with zero attached hydrogens (tertiary/aromatic N) is 2. The molecule has 0 aromatic carbocycles. The molecule has 0 bridgehead atoms. The Morgan fingerprint density at radius 1 is 1.29 bits per heavy atom. The summed E-state index contributed by atoms with van der Waals surface area (Å²) >= 11 is 7.26. The third-order valence-corrected chi connectivity index (χ3v) is 2.69.